The summed E-state index contributed by atoms with van der Waals surface area (Å²) in [6, 6.07) is 6.63. The van der Waals surface area contributed by atoms with E-state index in [0.29, 0.717) is 6.10 Å². The van der Waals surface area contributed by atoms with E-state index in [1.807, 2.05) is 6.92 Å². The van der Waals surface area contributed by atoms with Crippen LogP contribution in [0.5, 0.6) is 0 Å². The van der Waals surface area contributed by atoms with E-state index in [4.69, 9.17) is 10.5 Å². The summed E-state index contributed by atoms with van der Waals surface area (Å²) in [6.45, 7) is 6.86. The minimum Gasteiger partial charge on any atom is -0.375 e. The highest BCUT2D eigenvalue weighted by Crippen LogP contribution is 2.27. The molecule has 4 heteroatoms. The topological polar surface area (TPSA) is 38.5 Å². The fourth-order valence-electron chi connectivity index (χ4n) is 2.39. The summed E-state index contributed by atoms with van der Waals surface area (Å²) < 4.78 is 6.72. The van der Waals surface area contributed by atoms with Gasteiger partial charge in [0.1, 0.15) is 0 Å². The Hall–Kier alpha value is -0.580. The number of rotatable bonds is 3. The van der Waals surface area contributed by atoms with Gasteiger partial charge in [0.25, 0.3) is 0 Å². The molecular formula is C14H21BrN2O. The molecule has 0 aromatic heterocycles. The van der Waals surface area contributed by atoms with Gasteiger partial charge in [-0.2, -0.15) is 0 Å². The highest BCUT2D eigenvalue weighted by molar-refractivity contribution is 9.10. The third-order valence-electron chi connectivity index (χ3n) is 3.17. The zero-order valence-electron chi connectivity index (χ0n) is 11.0. The van der Waals surface area contributed by atoms with Crippen LogP contribution in [-0.2, 0) is 11.2 Å². The first-order valence-corrected chi connectivity index (χ1v) is 7.26. The van der Waals surface area contributed by atoms with Gasteiger partial charge in [-0.1, -0.05) is 22.0 Å². The maximum absolute atomic E-state index is 5.93. The van der Waals surface area contributed by atoms with Crippen molar-refractivity contribution in [2.75, 3.05) is 24.6 Å². The average Bonchev–Trinajstić information content (AvgIpc) is 2.31. The lowest BCUT2D eigenvalue weighted by molar-refractivity contribution is 0.0531. The quantitative estimate of drug-likeness (QED) is 0.932. The molecule has 1 aliphatic rings. The molecule has 100 valence electrons. The molecule has 0 amide bonds. The van der Waals surface area contributed by atoms with Crippen LogP contribution < -0.4 is 10.6 Å². The molecule has 0 saturated carbocycles. The van der Waals surface area contributed by atoms with Gasteiger partial charge in [0, 0.05) is 29.3 Å². The molecule has 2 atom stereocenters. The van der Waals surface area contributed by atoms with E-state index < -0.39 is 0 Å². The van der Waals surface area contributed by atoms with Crippen molar-refractivity contribution in [1.82, 2.24) is 0 Å². The van der Waals surface area contributed by atoms with Crippen LogP contribution in [0.2, 0.25) is 0 Å². The van der Waals surface area contributed by atoms with Crippen molar-refractivity contribution in [3.8, 4) is 0 Å². The Morgan fingerprint density at radius 3 is 3.00 bits per heavy atom. The molecule has 1 fully saturated rings. The fraction of sp³-hybridized carbons (Fsp3) is 0.571. The van der Waals surface area contributed by atoms with Crippen LogP contribution in [0.4, 0.5) is 5.69 Å². The predicted octanol–water partition coefficient (Wildman–Crippen LogP) is 2.56. The average molecular weight is 313 g/mol. The predicted molar refractivity (Wildman–Crippen MR) is 79.1 cm³/mol. The SMILES string of the molecule is CC(N)Cc1ccc(Br)cc1N1CCOC(C)C1. The standard InChI is InChI=1S/C14H21BrN2O/c1-10(16)7-12-3-4-13(15)8-14(12)17-5-6-18-11(2)9-17/h3-4,8,10-11H,5-7,9,16H2,1-2H3. The molecule has 2 unspecified atom stereocenters. The Morgan fingerprint density at radius 1 is 1.56 bits per heavy atom. The monoisotopic (exact) mass is 312 g/mol. The number of hydrogen-bond donors (Lipinski definition) is 1. The molecule has 0 radical (unpaired) electrons. The number of anilines is 1. The summed E-state index contributed by atoms with van der Waals surface area (Å²) in [5, 5.41) is 0. The Balaban J connectivity index is 2.26. The largest absolute Gasteiger partial charge is 0.375 e. The Bertz CT molecular complexity index is 409. The molecule has 0 spiro atoms. The van der Waals surface area contributed by atoms with Gasteiger partial charge in [-0.05, 0) is 38.0 Å². The van der Waals surface area contributed by atoms with E-state index in [1.165, 1.54) is 11.3 Å². The lowest BCUT2D eigenvalue weighted by Crippen LogP contribution is -2.41. The molecule has 1 aliphatic heterocycles. The summed E-state index contributed by atoms with van der Waals surface area (Å²) in [5.41, 5.74) is 8.54. The summed E-state index contributed by atoms with van der Waals surface area (Å²) in [7, 11) is 0. The van der Waals surface area contributed by atoms with Gasteiger partial charge in [-0.3, -0.25) is 0 Å². The van der Waals surface area contributed by atoms with Gasteiger partial charge >= 0.3 is 0 Å². The molecule has 1 heterocycles. The highest BCUT2D eigenvalue weighted by Gasteiger charge is 2.19. The van der Waals surface area contributed by atoms with Crippen LogP contribution in [-0.4, -0.2) is 31.8 Å². The van der Waals surface area contributed by atoms with E-state index >= 15 is 0 Å². The summed E-state index contributed by atoms with van der Waals surface area (Å²) >= 11 is 3.56. The molecule has 1 aromatic carbocycles. The third-order valence-corrected chi connectivity index (χ3v) is 3.66. The molecular weight excluding hydrogens is 292 g/mol. The van der Waals surface area contributed by atoms with Crippen LogP contribution in [0.1, 0.15) is 19.4 Å². The highest BCUT2D eigenvalue weighted by atomic mass is 79.9. The first kappa shape index (κ1) is 13.8. The second-order valence-electron chi connectivity index (χ2n) is 5.08. The van der Waals surface area contributed by atoms with Gasteiger partial charge in [-0.25, -0.2) is 0 Å². The van der Waals surface area contributed by atoms with Crippen molar-refractivity contribution in [1.29, 1.82) is 0 Å². The van der Waals surface area contributed by atoms with Gasteiger partial charge in [0.05, 0.1) is 12.7 Å². The lowest BCUT2D eigenvalue weighted by atomic mass is 10.0. The molecule has 1 aromatic rings. The third kappa shape index (κ3) is 3.46. The molecule has 0 bridgehead atoms. The normalized spacial score (nSPS) is 22.0. The number of nitrogens with zero attached hydrogens (tertiary/aromatic N) is 1. The number of morpholine rings is 1. The molecule has 2 N–H and O–H groups in total. The van der Waals surface area contributed by atoms with Crippen molar-refractivity contribution in [2.24, 2.45) is 5.73 Å². The van der Waals surface area contributed by atoms with Crippen molar-refractivity contribution >= 4 is 21.6 Å². The van der Waals surface area contributed by atoms with Crippen LogP contribution >= 0.6 is 15.9 Å². The summed E-state index contributed by atoms with van der Waals surface area (Å²) in [5.74, 6) is 0. The van der Waals surface area contributed by atoms with E-state index in [1.54, 1.807) is 0 Å². The lowest BCUT2D eigenvalue weighted by Gasteiger charge is -2.34. The van der Waals surface area contributed by atoms with E-state index in [0.717, 1.165) is 30.6 Å². The van der Waals surface area contributed by atoms with Gasteiger partial charge < -0.3 is 15.4 Å². The van der Waals surface area contributed by atoms with Crippen molar-refractivity contribution in [3.05, 3.63) is 28.2 Å². The van der Waals surface area contributed by atoms with Gasteiger partial charge in [0.2, 0.25) is 0 Å². The minimum atomic E-state index is 0.184. The number of halogens is 1. The van der Waals surface area contributed by atoms with Crippen molar-refractivity contribution in [2.45, 2.75) is 32.4 Å². The molecule has 18 heavy (non-hydrogen) atoms. The minimum absolute atomic E-state index is 0.184. The maximum Gasteiger partial charge on any atom is 0.0722 e. The molecule has 1 saturated heterocycles. The van der Waals surface area contributed by atoms with E-state index in [2.05, 4.69) is 46.0 Å². The number of benzene rings is 1. The Kier molecular flexibility index (Phi) is 4.65. The fourth-order valence-corrected chi connectivity index (χ4v) is 2.74. The number of ether oxygens (including phenoxy) is 1. The second-order valence-corrected chi connectivity index (χ2v) is 6.00. The van der Waals surface area contributed by atoms with Crippen LogP contribution in [0.25, 0.3) is 0 Å². The number of hydrogen-bond acceptors (Lipinski definition) is 3. The van der Waals surface area contributed by atoms with Crippen molar-refractivity contribution < 1.29 is 4.74 Å². The first-order chi connectivity index (χ1) is 8.56. The zero-order valence-corrected chi connectivity index (χ0v) is 12.6. The van der Waals surface area contributed by atoms with Gasteiger partial charge in [0.15, 0.2) is 0 Å². The molecule has 2 rings (SSSR count). The molecule has 3 nitrogen and oxygen atoms in total. The van der Waals surface area contributed by atoms with Crippen LogP contribution in [0.15, 0.2) is 22.7 Å². The zero-order chi connectivity index (χ0) is 13.1. The smallest absolute Gasteiger partial charge is 0.0722 e. The van der Waals surface area contributed by atoms with Crippen LogP contribution in [0, 0.1) is 0 Å². The van der Waals surface area contributed by atoms with E-state index in [9.17, 15) is 0 Å². The van der Waals surface area contributed by atoms with Gasteiger partial charge in [-0.15, -0.1) is 0 Å². The summed E-state index contributed by atoms with van der Waals surface area (Å²) in [6.07, 6.45) is 1.20. The second kappa shape index (κ2) is 6.04. The first-order valence-electron chi connectivity index (χ1n) is 6.47. The summed E-state index contributed by atoms with van der Waals surface area (Å²) in [4.78, 5) is 2.40. The number of nitrogens with two attached hydrogens (primary N) is 1. The van der Waals surface area contributed by atoms with Crippen LogP contribution in [0.3, 0.4) is 0 Å². The Morgan fingerprint density at radius 2 is 2.33 bits per heavy atom. The van der Waals surface area contributed by atoms with E-state index in [-0.39, 0.29) is 6.04 Å². The van der Waals surface area contributed by atoms with Crippen molar-refractivity contribution in [3.63, 3.8) is 0 Å². The maximum atomic E-state index is 5.93. The molecule has 0 aliphatic carbocycles. The Labute approximate surface area is 117 Å².